The van der Waals surface area contributed by atoms with Gasteiger partial charge in [0.2, 0.25) is 11.6 Å². The van der Waals surface area contributed by atoms with Crippen LogP contribution in [0.3, 0.4) is 0 Å². The van der Waals surface area contributed by atoms with Gasteiger partial charge >= 0.3 is 0 Å². The molecule has 4 bridgehead atoms. The van der Waals surface area contributed by atoms with Crippen LogP contribution in [-0.4, -0.2) is 59.1 Å². The predicted molar refractivity (Wildman–Crippen MR) is 178 cm³/mol. The number of hydrogen-bond donors (Lipinski definition) is 0. The Morgan fingerprint density at radius 2 is 0.980 bits per heavy atom. The van der Waals surface area contributed by atoms with Gasteiger partial charge < -0.3 is 18.9 Å². The first-order valence-corrected chi connectivity index (χ1v) is 19.4. The van der Waals surface area contributed by atoms with E-state index in [1.54, 1.807) is 24.3 Å². The third-order valence-electron chi connectivity index (χ3n) is 14.9. The highest BCUT2D eigenvalue weighted by molar-refractivity contribution is 5.99. The smallest absolute Gasteiger partial charge is 0.201 e. The average Bonchev–Trinajstić information content (AvgIpc) is 3.47. The Labute approximate surface area is 295 Å². The van der Waals surface area contributed by atoms with Crippen molar-refractivity contribution in [1.82, 2.24) is 0 Å². The molecule has 1 aromatic carbocycles. The average molecular weight is 695 g/mol. The Morgan fingerprint density at radius 1 is 0.580 bits per heavy atom. The molecule has 0 N–H and O–H groups in total. The lowest BCUT2D eigenvalue weighted by Crippen LogP contribution is -2.70. The number of Topliss-reactive ketones (excluding diaryl/α,β-unsaturated/α-hetero) is 2. The fourth-order valence-corrected chi connectivity index (χ4v) is 11.9. The Bertz CT molecular complexity index is 1400. The number of carbonyl (C=O) groups excluding carboxylic acids is 2. The molecule has 0 aromatic heterocycles. The maximum Gasteiger partial charge on any atom is 0.201 e. The first-order valence-electron chi connectivity index (χ1n) is 19.4. The van der Waals surface area contributed by atoms with Crippen molar-refractivity contribution >= 4 is 11.6 Å². The number of carbonyl (C=O) groups is 2. The van der Waals surface area contributed by atoms with Crippen molar-refractivity contribution in [3.8, 4) is 0 Å². The normalized spacial score (nSPS) is 52.0. The van der Waals surface area contributed by atoms with Gasteiger partial charge in [-0.3, -0.25) is 9.59 Å². The molecule has 50 heavy (non-hydrogen) atoms. The summed E-state index contributed by atoms with van der Waals surface area (Å²) in [5.41, 5.74) is -0.149. The highest BCUT2D eigenvalue weighted by atomic mass is 17.3. The van der Waals surface area contributed by atoms with Gasteiger partial charge in [-0.05, 0) is 87.9 Å². The van der Waals surface area contributed by atoms with E-state index in [0.717, 1.165) is 51.4 Å². The molecule has 2 saturated carbocycles. The summed E-state index contributed by atoms with van der Waals surface area (Å²) in [6.07, 6.45) is 6.38. The van der Waals surface area contributed by atoms with E-state index in [1.165, 1.54) is 0 Å². The molecular weight excluding hydrogens is 640 g/mol. The second-order valence-electron chi connectivity index (χ2n) is 17.7. The SMILES string of the molecule is C[C@H]1[C@H](CC(=O)c2ccc(C(=O)C[C@H]3O[C@@H]4O[C@]5(C)CC[C@H]6[C@H](C)CC[C@@H]([C@H]3C)[C@@]46OO5)cc2)O[C@@H]2O[C@]3(C)CC[C@H]4[C@H](C)CC[C@@H]1[C@@]24OO3. The van der Waals surface area contributed by atoms with Crippen LogP contribution in [0.2, 0.25) is 0 Å². The molecule has 274 valence electrons. The van der Waals surface area contributed by atoms with Crippen LogP contribution in [0.4, 0.5) is 0 Å². The molecule has 10 nitrogen and oxygen atoms in total. The van der Waals surface area contributed by atoms with Gasteiger partial charge in [-0.1, -0.05) is 52.0 Å². The molecule has 8 aliphatic heterocycles. The van der Waals surface area contributed by atoms with E-state index in [4.69, 9.17) is 38.5 Å². The van der Waals surface area contributed by atoms with Crippen LogP contribution in [0.5, 0.6) is 0 Å². The van der Waals surface area contributed by atoms with Crippen molar-refractivity contribution in [2.24, 2.45) is 47.3 Å². The zero-order chi connectivity index (χ0) is 34.8. The van der Waals surface area contributed by atoms with Crippen molar-refractivity contribution in [1.29, 1.82) is 0 Å². The molecule has 11 rings (SSSR count). The molecular formula is C40H54O10. The molecule has 10 fully saturated rings. The number of benzene rings is 1. The third kappa shape index (κ3) is 4.95. The Balaban J connectivity index is 0.878. The van der Waals surface area contributed by atoms with E-state index in [9.17, 15) is 9.59 Å². The summed E-state index contributed by atoms with van der Waals surface area (Å²) in [6.45, 7) is 12.8. The van der Waals surface area contributed by atoms with Crippen molar-refractivity contribution < 1.29 is 48.1 Å². The lowest BCUT2D eigenvalue weighted by molar-refractivity contribution is -0.571. The van der Waals surface area contributed by atoms with Crippen LogP contribution in [0.15, 0.2) is 24.3 Å². The van der Waals surface area contributed by atoms with Crippen molar-refractivity contribution in [3.63, 3.8) is 0 Å². The first kappa shape index (κ1) is 34.0. The largest absolute Gasteiger partial charge is 0.345 e. The summed E-state index contributed by atoms with van der Waals surface area (Å²) in [5, 5.41) is 0. The van der Waals surface area contributed by atoms with Gasteiger partial charge in [0.05, 0.1) is 12.2 Å². The highest BCUT2D eigenvalue weighted by Crippen LogP contribution is 2.62. The summed E-state index contributed by atoms with van der Waals surface area (Å²) >= 11 is 0. The zero-order valence-corrected chi connectivity index (χ0v) is 30.4. The summed E-state index contributed by atoms with van der Waals surface area (Å²) in [5.74, 6) is 0.342. The van der Waals surface area contributed by atoms with Crippen molar-refractivity contribution in [2.45, 2.75) is 153 Å². The topological polar surface area (TPSA) is 108 Å². The van der Waals surface area contributed by atoms with E-state index in [0.29, 0.717) is 23.0 Å². The Morgan fingerprint density at radius 3 is 1.38 bits per heavy atom. The molecule has 1 aromatic rings. The summed E-state index contributed by atoms with van der Waals surface area (Å²) in [7, 11) is 0. The summed E-state index contributed by atoms with van der Waals surface area (Å²) in [6, 6.07) is 7.10. The molecule has 0 unspecified atom stereocenters. The van der Waals surface area contributed by atoms with Crippen LogP contribution in [0, 0.1) is 47.3 Å². The molecule has 2 spiro atoms. The fourth-order valence-electron chi connectivity index (χ4n) is 11.9. The number of ether oxygens (including phenoxy) is 4. The summed E-state index contributed by atoms with van der Waals surface area (Å²) < 4.78 is 26.3. The maximum atomic E-state index is 13.7. The predicted octanol–water partition coefficient (Wildman–Crippen LogP) is 7.33. The lowest BCUT2D eigenvalue weighted by atomic mass is 9.57. The molecule has 8 heterocycles. The second kappa shape index (κ2) is 11.9. The number of rotatable bonds is 6. The van der Waals surface area contributed by atoms with Crippen molar-refractivity contribution in [3.05, 3.63) is 35.4 Å². The fraction of sp³-hybridized carbons (Fsp3) is 0.800. The van der Waals surface area contributed by atoms with Crippen LogP contribution in [-0.2, 0) is 38.5 Å². The van der Waals surface area contributed by atoms with Gasteiger partial charge in [-0.2, -0.15) is 0 Å². The number of hydrogen-bond acceptors (Lipinski definition) is 10. The second-order valence-corrected chi connectivity index (χ2v) is 17.7. The minimum atomic E-state index is -0.850. The molecule has 8 saturated heterocycles. The van der Waals surface area contributed by atoms with E-state index in [-0.39, 0.29) is 72.1 Å². The van der Waals surface area contributed by atoms with E-state index in [2.05, 4.69) is 27.7 Å². The van der Waals surface area contributed by atoms with Gasteiger partial charge in [0.1, 0.15) is 0 Å². The standard InChI is InChI=1S/C40H54O10/c1-21-7-13-29-23(3)33(43-35-39(29)27(21)15-17-37(5,45-35)47-49-39)19-31(41)25-9-11-26(12-10-25)32(42)20-34-24(4)30-14-8-22(2)28-16-18-38(6)46-36(44-34)40(28,30)50-48-38/h9-12,21-24,27-30,33-36H,7-8,13-20H2,1-6H3/t21-,22-,23-,24-,27+,28+,29+,30+,33-,34+,35-,36-,37+,38+,39-,40-/m1/s1. The molecule has 0 amide bonds. The van der Waals surface area contributed by atoms with Gasteiger partial charge in [0.25, 0.3) is 0 Å². The first-order chi connectivity index (χ1) is 23.9. The van der Waals surface area contributed by atoms with E-state index in [1.807, 2.05) is 13.8 Å². The minimum Gasteiger partial charge on any atom is -0.345 e. The molecule has 10 aliphatic rings. The van der Waals surface area contributed by atoms with E-state index < -0.39 is 35.4 Å². The van der Waals surface area contributed by atoms with Gasteiger partial charge in [0, 0.05) is 48.6 Å². The Kier molecular flexibility index (Phi) is 8.08. The zero-order valence-electron chi connectivity index (χ0n) is 30.4. The molecule has 2 aliphatic carbocycles. The van der Waals surface area contributed by atoms with Gasteiger partial charge in [0.15, 0.2) is 35.3 Å². The number of ketones is 2. The van der Waals surface area contributed by atoms with Crippen LogP contribution < -0.4 is 0 Å². The van der Waals surface area contributed by atoms with Gasteiger partial charge in [-0.15, -0.1) is 0 Å². The third-order valence-corrected chi connectivity index (χ3v) is 14.9. The van der Waals surface area contributed by atoms with Crippen LogP contribution >= 0.6 is 0 Å². The molecule has 0 radical (unpaired) electrons. The van der Waals surface area contributed by atoms with Crippen LogP contribution in [0.25, 0.3) is 0 Å². The van der Waals surface area contributed by atoms with Crippen LogP contribution in [0.1, 0.15) is 126 Å². The molecule has 16 atom stereocenters. The summed E-state index contributed by atoms with van der Waals surface area (Å²) in [4.78, 5) is 51.9. The number of fused-ring (bicyclic) bond motifs is 4. The maximum absolute atomic E-state index is 13.7. The van der Waals surface area contributed by atoms with E-state index >= 15 is 0 Å². The van der Waals surface area contributed by atoms with Gasteiger partial charge in [-0.25, -0.2) is 19.6 Å². The Hall–Kier alpha value is -1.76. The molecule has 10 heteroatoms. The lowest BCUT2D eigenvalue weighted by Gasteiger charge is -2.60. The monoisotopic (exact) mass is 694 g/mol. The quantitative estimate of drug-likeness (QED) is 0.222. The van der Waals surface area contributed by atoms with Crippen molar-refractivity contribution in [2.75, 3.05) is 0 Å². The highest BCUT2D eigenvalue weighted by Gasteiger charge is 2.71. The minimum absolute atomic E-state index is 0.00779.